The lowest BCUT2D eigenvalue weighted by molar-refractivity contribution is -0.0283. The Morgan fingerprint density at radius 3 is 2.54 bits per heavy atom. The number of nitrogens with zero attached hydrogens (tertiary/aromatic N) is 4. The van der Waals surface area contributed by atoms with Gasteiger partial charge in [-0.05, 0) is 100 Å². The fraction of sp³-hybridized carbons (Fsp3) is 0.690. The van der Waals surface area contributed by atoms with Crippen molar-refractivity contribution in [3.8, 4) is 11.1 Å². The van der Waals surface area contributed by atoms with Gasteiger partial charge in [0.25, 0.3) is 0 Å². The molecular formula is C29H41N5O. The zero-order valence-corrected chi connectivity index (χ0v) is 21.3. The number of nitrogens with one attached hydrogen (secondary N) is 1. The van der Waals surface area contributed by atoms with E-state index in [1.54, 1.807) is 0 Å². The van der Waals surface area contributed by atoms with Crippen LogP contribution in [0.5, 0.6) is 0 Å². The van der Waals surface area contributed by atoms with Gasteiger partial charge in [-0.25, -0.2) is 0 Å². The van der Waals surface area contributed by atoms with Crippen molar-refractivity contribution in [3.63, 3.8) is 0 Å². The largest absolute Gasteiger partial charge is 0.381 e. The van der Waals surface area contributed by atoms with Crippen LogP contribution in [0.3, 0.4) is 0 Å². The molecule has 4 aliphatic rings. The van der Waals surface area contributed by atoms with Gasteiger partial charge in [-0.2, -0.15) is 5.10 Å². The molecule has 6 nitrogen and oxygen atoms in total. The van der Waals surface area contributed by atoms with Gasteiger partial charge in [0.15, 0.2) is 0 Å². The van der Waals surface area contributed by atoms with E-state index in [4.69, 9.17) is 4.74 Å². The molecule has 6 heteroatoms. The van der Waals surface area contributed by atoms with E-state index in [9.17, 15) is 0 Å². The van der Waals surface area contributed by atoms with Crippen molar-refractivity contribution < 1.29 is 4.74 Å². The minimum atomic E-state index is 0.431. The summed E-state index contributed by atoms with van der Waals surface area (Å²) in [6, 6.07) is 6.86. The van der Waals surface area contributed by atoms with Gasteiger partial charge in [0, 0.05) is 49.0 Å². The first-order valence-corrected chi connectivity index (χ1v) is 13.9. The molecule has 0 radical (unpaired) electrons. The van der Waals surface area contributed by atoms with Crippen molar-refractivity contribution in [2.24, 2.45) is 10.8 Å². The van der Waals surface area contributed by atoms with E-state index in [0.717, 1.165) is 24.6 Å². The molecule has 0 aromatic carbocycles. The molecule has 0 amide bonds. The van der Waals surface area contributed by atoms with Gasteiger partial charge in [-0.3, -0.25) is 4.98 Å². The molecule has 188 valence electrons. The molecule has 6 rings (SSSR count). The lowest BCUT2D eigenvalue weighted by Crippen LogP contribution is -2.47. The molecule has 2 aromatic rings. The van der Waals surface area contributed by atoms with Crippen molar-refractivity contribution >= 4 is 5.82 Å². The normalized spacial score (nSPS) is 29.2. The molecule has 0 unspecified atom stereocenters. The minimum absolute atomic E-state index is 0.431. The molecule has 1 N–H and O–H groups in total. The SMILES string of the molecule is CC1(CN2CCC3(CCOCC3)CC2)CCC(Nc2cc(-c3cccnc3C3CC3)cnn2)CC1. The van der Waals surface area contributed by atoms with E-state index in [0.29, 0.717) is 22.8 Å². The van der Waals surface area contributed by atoms with Crippen LogP contribution in [0.2, 0.25) is 0 Å². The van der Waals surface area contributed by atoms with E-state index in [1.165, 1.54) is 95.1 Å². The summed E-state index contributed by atoms with van der Waals surface area (Å²) in [5.74, 6) is 1.52. The first-order valence-electron chi connectivity index (χ1n) is 13.9. The Morgan fingerprint density at radius 1 is 1.03 bits per heavy atom. The molecule has 35 heavy (non-hydrogen) atoms. The number of pyridine rings is 1. The Labute approximate surface area is 210 Å². The molecule has 2 saturated heterocycles. The molecule has 2 saturated carbocycles. The number of rotatable bonds is 6. The van der Waals surface area contributed by atoms with Gasteiger partial charge in [-0.15, -0.1) is 5.10 Å². The second-order valence-electron chi connectivity index (χ2n) is 12.2. The highest BCUT2D eigenvalue weighted by atomic mass is 16.5. The molecule has 0 atom stereocenters. The topological polar surface area (TPSA) is 63.2 Å². The molecule has 2 aliphatic carbocycles. The maximum absolute atomic E-state index is 5.63. The van der Waals surface area contributed by atoms with Crippen LogP contribution in [0.4, 0.5) is 5.82 Å². The highest BCUT2D eigenvalue weighted by molar-refractivity contribution is 5.68. The fourth-order valence-electron chi connectivity index (χ4n) is 6.78. The first-order chi connectivity index (χ1) is 17.1. The Balaban J connectivity index is 1.02. The van der Waals surface area contributed by atoms with Crippen LogP contribution in [-0.4, -0.2) is 59.0 Å². The van der Waals surface area contributed by atoms with Crippen molar-refractivity contribution in [1.82, 2.24) is 20.1 Å². The van der Waals surface area contributed by atoms with E-state index < -0.39 is 0 Å². The zero-order chi connectivity index (χ0) is 23.7. The standard InChI is InChI=1S/C29H41N5O/c1-28(21-34-15-10-29(11-16-34)12-17-35-18-13-29)8-6-24(7-9-28)32-26-19-23(20-31-33-26)25-3-2-14-30-27(25)22-4-5-22/h2-3,14,19-20,22,24H,4-13,15-18,21H2,1H3,(H,32,33). The second kappa shape index (κ2) is 9.78. The number of piperidine rings is 1. The number of ether oxygens (including phenoxy) is 1. The molecule has 4 fully saturated rings. The van der Waals surface area contributed by atoms with Crippen LogP contribution in [-0.2, 0) is 4.74 Å². The molecule has 4 heterocycles. The maximum Gasteiger partial charge on any atom is 0.149 e. The summed E-state index contributed by atoms with van der Waals surface area (Å²) in [5, 5.41) is 12.5. The zero-order valence-electron chi connectivity index (χ0n) is 21.3. The first kappa shape index (κ1) is 23.4. The van der Waals surface area contributed by atoms with Gasteiger partial charge in [-0.1, -0.05) is 13.0 Å². The summed E-state index contributed by atoms with van der Waals surface area (Å²) < 4.78 is 5.63. The summed E-state index contributed by atoms with van der Waals surface area (Å²) in [5.41, 5.74) is 4.59. The number of likely N-dealkylation sites (tertiary alicyclic amines) is 1. The Hall–Kier alpha value is -2.05. The minimum Gasteiger partial charge on any atom is -0.381 e. The van der Waals surface area contributed by atoms with Gasteiger partial charge in [0.1, 0.15) is 5.82 Å². The molecule has 1 spiro atoms. The summed E-state index contributed by atoms with van der Waals surface area (Å²) in [6.45, 7) is 8.27. The lowest BCUT2D eigenvalue weighted by Gasteiger charge is -2.47. The summed E-state index contributed by atoms with van der Waals surface area (Å²) >= 11 is 0. The average Bonchev–Trinajstić information content (AvgIpc) is 3.74. The molecule has 0 bridgehead atoms. The highest BCUT2D eigenvalue weighted by Gasteiger charge is 2.39. The summed E-state index contributed by atoms with van der Waals surface area (Å²) in [4.78, 5) is 7.43. The van der Waals surface area contributed by atoms with Crippen molar-refractivity contribution in [1.29, 1.82) is 0 Å². The predicted octanol–water partition coefficient (Wildman–Crippen LogP) is 5.67. The quantitative estimate of drug-likeness (QED) is 0.581. The van der Waals surface area contributed by atoms with E-state index in [2.05, 4.69) is 44.5 Å². The number of aromatic nitrogens is 3. The van der Waals surface area contributed by atoms with Crippen molar-refractivity contribution in [2.75, 3.05) is 38.2 Å². The third-order valence-corrected chi connectivity index (χ3v) is 9.39. The Bertz CT molecular complexity index is 998. The van der Waals surface area contributed by atoms with Gasteiger partial charge < -0.3 is 15.0 Å². The monoisotopic (exact) mass is 475 g/mol. The Kier molecular flexibility index (Phi) is 6.52. The Morgan fingerprint density at radius 2 is 1.80 bits per heavy atom. The summed E-state index contributed by atoms with van der Waals surface area (Å²) in [6.07, 6.45) is 16.6. The van der Waals surface area contributed by atoms with E-state index >= 15 is 0 Å². The van der Waals surface area contributed by atoms with Crippen LogP contribution < -0.4 is 5.32 Å². The van der Waals surface area contributed by atoms with Crippen molar-refractivity contribution in [2.45, 2.75) is 83.1 Å². The molecular weight excluding hydrogens is 434 g/mol. The second-order valence-corrected chi connectivity index (χ2v) is 12.2. The predicted molar refractivity (Wildman–Crippen MR) is 139 cm³/mol. The van der Waals surface area contributed by atoms with E-state index in [-0.39, 0.29) is 0 Å². The molecule has 2 aromatic heterocycles. The van der Waals surface area contributed by atoms with Crippen molar-refractivity contribution in [3.05, 3.63) is 36.3 Å². The van der Waals surface area contributed by atoms with Crippen LogP contribution >= 0.6 is 0 Å². The van der Waals surface area contributed by atoms with E-state index in [1.807, 2.05) is 18.5 Å². The van der Waals surface area contributed by atoms with Gasteiger partial charge >= 0.3 is 0 Å². The lowest BCUT2D eigenvalue weighted by atomic mass is 9.70. The molecule has 2 aliphatic heterocycles. The summed E-state index contributed by atoms with van der Waals surface area (Å²) in [7, 11) is 0. The van der Waals surface area contributed by atoms with Crippen LogP contribution in [0, 0.1) is 10.8 Å². The van der Waals surface area contributed by atoms with Crippen LogP contribution in [0.15, 0.2) is 30.6 Å². The third kappa shape index (κ3) is 5.39. The van der Waals surface area contributed by atoms with Crippen LogP contribution in [0.1, 0.15) is 82.7 Å². The number of anilines is 1. The van der Waals surface area contributed by atoms with Gasteiger partial charge in [0.2, 0.25) is 0 Å². The number of hydrogen-bond acceptors (Lipinski definition) is 6. The maximum atomic E-state index is 5.63. The average molecular weight is 476 g/mol. The fourth-order valence-corrected chi connectivity index (χ4v) is 6.78. The van der Waals surface area contributed by atoms with Crippen LogP contribution in [0.25, 0.3) is 11.1 Å². The third-order valence-electron chi connectivity index (χ3n) is 9.39. The van der Waals surface area contributed by atoms with Gasteiger partial charge in [0.05, 0.1) is 11.9 Å². The smallest absolute Gasteiger partial charge is 0.149 e. The number of hydrogen-bond donors (Lipinski definition) is 1. The highest BCUT2D eigenvalue weighted by Crippen LogP contribution is 2.44.